The molecule has 6 heteroatoms. The van der Waals surface area contributed by atoms with Crippen LogP contribution in [0.25, 0.3) is 0 Å². The largest absolute Gasteiger partial charge is 0.340 e. The number of halogens is 1. The van der Waals surface area contributed by atoms with Crippen LogP contribution in [0.4, 0.5) is 17.2 Å². The Balaban J connectivity index is 1.88. The van der Waals surface area contributed by atoms with Gasteiger partial charge in [-0.3, -0.25) is 0 Å². The summed E-state index contributed by atoms with van der Waals surface area (Å²) in [5.41, 5.74) is 3.50. The summed E-state index contributed by atoms with van der Waals surface area (Å²) >= 11 is 5.77. The number of hydrogen-bond donors (Lipinski definition) is 1. The summed E-state index contributed by atoms with van der Waals surface area (Å²) < 4.78 is 0. The lowest BCUT2D eigenvalue weighted by molar-refractivity contribution is 0.345. The van der Waals surface area contributed by atoms with Gasteiger partial charge in [0.25, 0.3) is 0 Å². The molecule has 0 atom stereocenters. The van der Waals surface area contributed by atoms with Crippen molar-refractivity contribution >= 4 is 28.8 Å². The van der Waals surface area contributed by atoms with E-state index in [4.69, 9.17) is 11.6 Å². The summed E-state index contributed by atoms with van der Waals surface area (Å²) in [6.45, 7) is 0.936. The van der Waals surface area contributed by atoms with E-state index < -0.39 is 0 Å². The molecule has 1 aromatic heterocycles. The Bertz CT molecular complexity index is 616. The van der Waals surface area contributed by atoms with Gasteiger partial charge in [-0.15, -0.1) is 0 Å². The summed E-state index contributed by atoms with van der Waals surface area (Å²) in [7, 11) is 4.12. The fourth-order valence-corrected chi connectivity index (χ4v) is 2.31. The van der Waals surface area contributed by atoms with Gasteiger partial charge in [0, 0.05) is 32.5 Å². The standard InChI is InChI=1S/C13H14ClN5/c1-18-8-9-3-4-10(7-11(9)19(18)2)16-12-5-6-15-13(14)17-12/h3-7H,8H2,1-2H3,(H,15,16,17). The second kappa shape index (κ2) is 4.68. The van der Waals surface area contributed by atoms with Crippen LogP contribution in [-0.2, 0) is 6.54 Å². The number of benzene rings is 1. The molecule has 2 aromatic rings. The quantitative estimate of drug-likeness (QED) is 0.854. The van der Waals surface area contributed by atoms with Crippen molar-refractivity contribution in [2.24, 2.45) is 0 Å². The van der Waals surface area contributed by atoms with E-state index >= 15 is 0 Å². The SMILES string of the molecule is CN1Cc2ccc(Nc3ccnc(Cl)n3)cc2N1C. The van der Waals surface area contributed by atoms with E-state index in [1.165, 1.54) is 11.3 Å². The normalized spacial score (nSPS) is 14.6. The minimum atomic E-state index is 0.239. The van der Waals surface area contributed by atoms with Crippen molar-refractivity contribution < 1.29 is 0 Å². The predicted molar refractivity (Wildman–Crippen MR) is 76.6 cm³/mol. The number of anilines is 3. The first-order chi connectivity index (χ1) is 9.13. The molecule has 0 fully saturated rings. The fourth-order valence-electron chi connectivity index (χ4n) is 2.17. The van der Waals surface area contributed by atoms with Gasteiger partial charge in [-0.05, 0) is 35.4 Å². The Morgan fingerprint density at radius 1 is 1.26 bits per heavy atom. The number of fused-ring (bicyclic) bond motifs is 1. The number of nitrogens with one attached hydrogen (secondary N) is 1. The highest BCUT2D eigenvalue weighted by molar-refractivity contribution is 6.28. The second-order valence-electron chi connectivity index (χ2n) is 4.52. The monoisotopic (exact) mass is 275 g/mol. The molecule has 0 saturated carbocycles. The van der Waals surface area contributed by atoms with Crippen LogP contribution in [0, 0.1) is 0 Å². The molecule has 1 N–H and O–H groups in total. The highest BCUT2D eigenvalue weighted by Gasteiger charge is 2.20. The number of hydrazine groups is 1. The molecule has 0 bridgehead atoms. The molecule has 1 aliphatic rings. The van der Waals surface area contributed by atoms with Crippen LogP contribution in [-0.4, -0.2) is 29.1 Å². The molecule has 0 spiro atoms. The van der Waals surface area contributed by atoms with Crippen molar-refractivity contribution in [2.75, 3.05) is 24.4 Å². The molecule has 0 amide bonds. The van der Waals surface area contributed by atoms with Crippen molar-refractivity contribution in [1.82, 2.24) is 15.0 Å². The molecule has 0 unspecified atom stereocenters. The summed E-state index contributed by atoms with van der Waals surface area (Å²) in [5.74, 6) is 0.689. The van der Waals surface area contributed by atoms with Gasteiger partial charge >= 0.3 is 0 Å². The first-order valence-electron chi connectivity index (χ1n) is 5.97. The lowest BCUT2D eigenvalue weighted by atomic mass is 10.1. The van der Waals surface area contributed by atoms with E-state index in [9.17, 15) is 0 Å². The van der Waals surface area contributed by atoms with E-state index in [1.54, 1.807) is 12.3 Å². The smallest absolute Gasteiger partial charge is 0.224 e. The third-order valence-electron chi connectivity index (χ3n) is 3.24. The highest BCUT2D eigenvalue weighted by atomic mass is 35.5. The van der Waals surface area contributed by atoms with E-state index in [0.717, 1.165) is 12.2 Å². The van der Waals surface area contributed by atoms with Crippen LogP contribution in [0.2, 0.25) is 5.28 Å². The Morgan fingerprint density at radius 3 is 2.89 bits per heavy atom. The average molecular weight is 276 g/mol. The molecule has 0 saturated heterocycles. The third-order valence-corrected chi connectivity index (χ3v) is 3.43. The third kappa shape index (κ3) is 2.34. The summed E-state index contributed by atoms with van der Waals surface area (Å²) in [6, 6.07) is 8.06. The maximum atomic E-state index is 5.77. The number of aromatic nitrogens is 2. The van der Waals surface area contributed by atoms with E-state index in [0.29, 0.717) is 5.82 Å². The molecule has 0 aliphatic carbocycles. The molecule has 98 valence electrons. The lowest BCUT2D eigenvalue weighted by Crippen LogP contribution is -2.29. The predicted octanol–water partition coefficient (Wildman–Crippen LogP) is 2.67. The molecule has 3 rings (SSSR count). The molecular weight excluding hydrogens is 262 g/mol. The molecule has 5 nitrogen and oxygen atoms in total. The van der Waals surface area contributed by atoms with Gasteiger partial charge in [0.1, 0.15) is 5.82 Å². The number of nitrogens with zero attached hydrogens (tertiary/aromatic N) is 4. The fraction of sp³-hybridized carbons (Fsp3) is 0.231. The molecule has 0 radical (unpaired) electrons. The zero-order valence-corrected chi connectivity index (χ0v) is 11.5. The lowest BCUT2D eigenvalue weighted by Gasteiger charge is -2.21. The van der Waals surface area contributed by atoms with E-state index in [-0.39, 0.29) is 5.28 Å². The molecule has 2 heterocycles. The van der Waals surface area contributed by atoms with Crippen molar-refractivity contribution in [1.29, 1.82) is 0 Å². The summed E-state index contributed by atoms with van der Waals surface area (Å²) in [5, 5.41) is 7.76. The Labute approximate surface area is 116 Å². The number of hydrogen-bond acceptors (Lipinski definition) is 5. The summed E-state index contributed by atoms with van der Waals surface area (Å²) in [6.07, 6.45) is 1.63. The zero-order chi connectivity index (χ0) is 13.4. The van der Waals surface area contributed by atoms with Gasteiger partial charge < -0.3 is 10.3 Å². The maximum absolute atomic E-state index is 5.77. The second-order valence-corrected chi connectivity index (χ2v) is 4.86. The van der Waals surface area contributed by atoms with Crippen LogP contribution in [0.1, 0.15) is 5.56 Å². The van der Waals surface area contributed by atoms with Crippen LogP contribution in [0.5, 0.6) is 0 Å². The van der Waals surface area contributed by atoms with Gasteiger partial charge in [0.15, 0.2) is 0 Å². The first kappa shape index (κ1) is 12.2. The van der Waals surface area contributed by atoms with Crippen molar-refractivity contribution in [3.8, 4) is 0 Å². The Hall–Kier alpha value is -1.85. The van der Waals surface area contributed by atoms with Crippen molar-refractivity contribution in [3.63, 3.8) is 0 Å². The highest BCUT2D eigenvalue weighted by Crippen LogP contribution is 2.32. The maximum Gasteiger partial charge on any atom is 0.224 e. The minimum absolute atomic E-state index is 0.239. The van der Waals surface area contributed by atoms with Gasteiger partial charge in [0.2, 0.25) is 5.28 Å². The van der Waals surface area contributed by atoms with Crippen molar-refractivity contribution in [3.05, 3.63) is 41.3 Å². The molecule has 1 aromatic carbocycles. The first-order valence-corrected chi connectivity index (χ1v) is 6.34. The van der Waals surface area contributed by atoms with Gasteiger partial charge in [-0.1, -0.05) is 6.07 Å². The minimum Gasteiger partial charge on any atom is -0.340 e. The molecular formula is C13H14ClN5. The van der Waals surface area contributed by atoms with Crippen LogP contribution >= 0.6 is 11.6 Å². The Kier molecular flexibility index (Phi) is 3.00. The topological polar surface area (TPSA) is 44.3 Å². The average Bonchev–Trinajstić information content (AvgIpc) is 2.66. The van der Waals surface area contributed by atoms with E-state index in [1.807, 2.05) is 6.07 Å². The van der Waals surface area contributed by atoms with Crippen molar-refractivity contribution in [2.45, 2.75) is 6.54 Å². The summed E-state index contributed by atoms with van der Waals surface area (Å²) in [4.78, 5) is 7.98. The van der Waals surface area contributed by atoms with Crippen LogP contribution in [0.15, 0.2) is 30.5 Å². The van der Waals surface area contributed by atoms with Gasteiger partial charge in [0.05, 0.1) is 5.69 Å². The van der Waals surface area contributed by atoms with Crippen LogP contribution in [0.3, 0.4) is 0 Å². The van der Waals surface area contributed by atoms with Gasteiger partial charge in [-0.2, -0.15) is 0 Å². The molecule has 1 aliphatic heterocycles. The Morgan fingerprint density at radius 2 is 2.11 bits per heavy atom. The molecule has 19 heavy (non-hydrogen) atoms. The van der Waals surface area contributed by atoms with Gasteiger partial charge in [-0.25, -0.2) is 15.0 Å². The van der Waals surface area contributed by atoms with E-state index in [2.05, 4.69) is 51.5 Å². The number of rotatable bonds is 2. The zero-order valence-electron chi connectivity index (χ0n) is 10.8. The van der Waals surface area contributed by atoms with Crippen LogP contribution < -0.4 is 10.3 Å².